The summed E-state index contributed by atoms with van der Waals surface area (Å²) < 4.78 is 1.78. The molecule has 6 nitrogen and oxygen atoms in total. The topological polar surface area (TPSA) is 87.0 Å². The Bertz CT molecular complexity index is 691. The van der Waals surface area contributed by atoms with Gasteiger partial charge in [0.15, 0.2) is 0 Å². The maximum atomic E-state index is 11.1. The second-order valence-electron chi connectivity index (χ2n) is 5.11. The van der Waals surface area contributed by atoms with Crippen molar-refractivity contribution in [3.8, 4) is 5.69 Å². The first-order chi connectivity index (χ1) is 9.59. The fourth-order valence-corrected chi connectivity index (χ4v) is 2.87. The van der Waals surface area contributed by atoms with Crippen molar-refractivity contribution in [2.45, 2.75) is 32.6 Å². The molecule has 0 aliphatic heterocycles. The van der Waals surface area contributed by atoms with E-state index in [1.165, 1.54) is 6.07 Å². The van der Waals surface area contributed by atoms with Crippen molar-refractivity contribution in [1.82, 2.24) is 9.78 Å². The molecule has 20 heavy (non-hydrogen) atoms. The molecule has 0 bridgehead atoms. The molecule has 0 amide bonds. The van der Waals surface area contributed by atoms with E-state index in [0.29, 0.717) is 11.4 Å². The van der Waals surface area contributed by atoms with Gasteiger partial charge in [-0.3, -0.25) is 10.1 Å². The molecule has 1 aromatic carbocycles. The van der Waals surface area contributed by atoms with E-state index in [9.17, 15) is 10.1 Å². The molecule has 1 aromatic heterocycles. The first kappa shape index (κ1) is 12.7. The molecule has 2 aromatic rings. The Hall–Kier alpha value is -2.37. The fraction of sp³-hybridized carbons (Fsp3) is 0.357. The number of nitrogens with zero attached hydrogens (tertiary/aromatic N) is 3. The number of hydrogen-bond donors (Lipinski definition) is 1. The van der Waals surface area contributed by atoms with Crippen LogP contribution in [0.4, 0.5) is 11.5 Å². The maximum Gasteiger partial charge on any atom is 0.274 e. The Morgan fingerprint density at radius 2 is 2.10 bits per heavy atom. The summed E-state index contributed by atoms with van der Waals surface area (Å²) in [5, 5.41) is 15.4. The monoisotopic (exact) mass is 272 g/mol. The van der Waals surface area contributed by atoms with Crippen molar-refractivity contribution in [3.05, 3.63) is 45.1 Å². The highest BCUT2D eigenvalue weighted by molar-refractivity contribution is 5.55. The van der Waals surface area contributed by atoms with Gasteiger partial charge in [0.25, 0.3) is 5.69 Å². The quantitative estimate of drug-likeness (QED) is 0.672. The molecule has 0 saturated heterocycles. The third-order valence-electron chi connectivity index (χ3n) is 3.91. The second kappa shape index (κ2) is 4.63. The molecule has 0 unspecified atom stereocenters. The minimum absolute atomic E-state index is 0.112. The van der Waals surface area contributed by atoms with Gasteiger partial charge in [0.1, 0.15) is 5.82 Å². The number of rotatable bonds is 2. The van der Waals surface area contributed by atoms with Gasteiger partial charge >= 0.3 is 0 Å². The first-order valence-corrected chi connectivity index (χ1v) is 6.70. The van der Waals surface area contributed by atoms with Crippen LogP contribution >= 0.6 is 0 Å². The van der Waals surface area contributed by atoms with E-state index in [4.69, 9.17) is 5.73 Å². The number of nitro benzene ring substituents is 1. The van der Waals surface area contributed by atoms with E-state index in [1.807, 2.05) is 6.07 Å². The minimum atomic E-state index is -0.363. The fourth-order valence-electron chi connectivity index (χ4n) is 2.87. The summed E-state index contributed by atoms with van der Waals surface area (Å²) >= 11 is 0. The zero-order valence-electron chi connectivity index (χ0n) is 11.3. The van der Waals surface area contributed by atoms with Crippen LogP contribution in [0.1, 0.15) is 29.7 Å². The highest BCUT2D eigenvalue weighted by Crippen LogP contribution is 2.31. The first-order valence-electron chi connectivity index (χ1n) is 6.70. The average molecular weight is 272 g/mol. The lowest BCUT2D eigenvalue weighted by atomic mass is 9.97. The summed E-state index contributed by atoms with van der Waals surface area (Å²) in [7, 11) is 0. The number of nitrogens with two attached hydrogens (primary N) is 1. The van der Waals surface area contributed by atoms with Crippen LogP contribution in [0.3, 0.4) is 0 Å². The van der Waals surface area contributed by atoms with Gasteiger partial charge in [0.05, 0.1) is 16.2 Å². The Labute approximate surface area is 116 Å². The molecule has 1 aliphatic rings. The van der Waals surface area contributed by atoms with Gasteiger partial charge in [-0.1, -0.05) is 6.07 Å². The van der Waals surface area contributed by atoms with Gasteiger partial charge in [0.2, 0.25) is 0 Å². The third kappa shape index (κ3) is 1.84. The number of nitro groups is 1. The van der Waals surface area contributed by atoms with Crippen LogP contribution in [-0.4, -0.2) is 14.7 Å². The Kier molecular flexibility index (Phi) is 2.93. The molecule has 1 aliphatic carbocycles. The molecule has 0 spiro atoms. The van der Waals surface area contributed by atoms with E-state index < -0.39 is 0 Å². The molecule has 2 N–H and O–H groups in total. The summed E-state index contributed by atoms with van der Waals surface area (Å²) in [4.78, 5) is 10.7. The Morgan fingerprint density at radius 1 is 1.35 bits per heavy atom. The zero-order valence-corrected chi connectivity index (χ0v) is 11.3. The number of benzene rings is 1. The maximum absolute atomic E-state index is 11.1. The minimum Gasteiger partial charge on any atom is -0.382 e. The molecule has 1 heterocycles. The van der Waals surface area contributed by atoms with E-state index in [2.05, 4.69) is 5.10 Å². The molecule has 0 radical (unpaired) electrons. The van der Waals surface area contributed by atoms with E-state index in [0.717, 1.165) is 42.6 Å². The zero-order chi connectivity index (χ0) is 14.3. The standard InChI is InChI=1S/C14H16N4O2/c1-9-11(7-4-8-12(9)18(19)20)17-13-6-3-2-5-10(13)14(15)16-17/h4,7-8H,2-3,5-6H2,1H3,(H2,15,16). The van der Waals surface area contributed by atoms with Crippen LogP contribution in [0.25, 0.3) is 5.69 Å². The van der Waals surface area contributed by atoms with Crippen molar-refractivity contribution >= 4 is 11.5 Å². The van der Waals surface area contributed by atoms with Gasteiger partial charge in [-0.15, -0.1) is 0 Å². The molecule has 0 fully saturated rings. The third-order valence-corrected chi connectivity index (χ3v) is 3.91. The lowest BCUT2D eigenvalue weighted by molar-refractivity contribution is -0.385. The molecule has 6 heteroatoms. The highest BCUT2D eigenvalue weighted by Gasteiger charge is 2.22. The van der Waals surface area contributed by atoms with Crippen molar-refractivity contribution in [3.63, 3.8) is 0 Å². The second-order valence-corrected chi connectivity index (χ2v) is 5.11. The molecule has 3 rings (SSSR count). The van der Waals surface area contributed by atoms with Crippen molar-refractivity contribution in [1.29, 1.82) is 0 Å². The number of nitrogen functional groups attached to an aromatic ring is 1. The summed E-state index contributed by atoms with van der Waals surface area (Å²) in [6.07, 6.45) is 4.08. The van der Waals surface area contributed by atoms with Crippen LogP contribution in [0, 0.1) is 17.0 Å². The van der Waals surface area contributed by atoms with Crippen LogP contribution < -0.4 is 5.73 Å². The van der Waals surface area contributed by atoms with Gasteiger partial charge in [-0.25, -0.2) is 4.68 Å². The predicted molar refractivity (Wildman–Crippen MR) is 76.0 cm³/mol. The van der Waals surface area contributed by atoms with E-state index in [1.54, 1.807) is 17.7 Å². The van der Waals surface area contributed by atoms with Gasteiger partial charge < -0.3 is 5.73 Å². The number of anilines is 1. The lowest BCUT2D eigenvalue weighted by Gasteiger charge is -2.15. The Balaban J connectivity index is 2.19. The van der Waals surface area contributed by atoms with Crippen molar-refractivity contribution in [2.24, 2.45) is 0 Å². The van der Waals surface area contributed by atoms with Crippen molar-refractivity contribution < 1.29 is 4.92 Å². The molecule has 0 atom stereocenters. The van der Waals surface area contributed by atoms with E-state index in [-0.39, 0.29) is 10.6 Å². The van der Waals surface area contributed by atoms with Crippen LogP contribution in [0.15, 0.2) is 18.2 Å². The molecular formula is C14H16N4O2. The lowest BCUT2D eigenvalue weighted by Crippen LogP contribution is -2.09. The van der Waals surface area contributed by atoms with Gasteiger partial charge in [-0.05, 0) is 38.7 Å². The summed E-state index contributed by atoms with van der Waals surface area (Å²) in [5.74, 6) is 0.547. The number of hydrogen-bond acceptors (Lipinski definition) is 4. The smallest absolute Gasteiger partial charge is 0.274 e. The van der Waals surface area contributed by atoms with Gasteiger partial charge in [0, 0.05) is 17.3 Å². The van der Waals surface area contributed by atoms with E-state index >= 15 is 0 Å². The van der Waals surface area contributed by atoms with Crippen LogP contribution in [0.2, 0.25) is 0 Å². The largest absolute Gasteiger partial charge is 0.382 e. The predicted octanol–water partition coefficient (Wildman–Crippen LogP) is 2.55. The van der Waals surface area contributed by atoms with Gasteiger partial charge in [-0.2, -0.15) is 5.10 Å². The number of fused-ring (bicyclic) bond motifs is 1. The van der Waals surface area contributed by atoms with Crippen molar-refractivity contribution in [2.75, 3.05) is 5.73 Å². The summed E-state index contributed by atoms with van der Waals surface area (Å²) in [6, 6.07) is 5.05. The summed E-state index contributed by atoms with van der Waals surface area (Å²) in [5.41, 5.74) is 9.65. The SMILES string of the molecule is Cc1c(-n2nc(N)c3c2CCCC3)cccc1[N+](=O)[O-]. The molecular weight excluding hydrogens is 256 g/mol. The van der Waals surface area contributed by atoms with Crippen LogP contribution in [0.5, 0.6) is 0 Å². The number of aromatic nitrogens is 2. The van der Waals surface area contributed by atoms with Crippen LogP contribution in [-0.2, 0) is 12.8 Å². The summed E-state index contributed by atoms with van der Waals surface area (Å²) in [6.45, 7) is 1.75. The highest BCUT2D eigenvalue weighted by atomic mass is 16.6. The molecule has 104 valence electrons. The average Bonchev–Trinajstić information content (AvgIpc) is 2.77. The normalized spacial score (nSPS) is 14.1. The Morgan fingerprint density at radius 3 is 2.85 bits per heavy atom. The molecule has 0 saturated carbocycles.